The molecule has 4 heterocycles. The number of aromatic nitrogens is 4. The molecule has 2 aliphatic heterocycles. The van der Waals surface area contributed by atoms with Crippen LogP contribution in [-0.4, -0.2) is 66.1 Å². The van der Waals surface area contributed by atoms with Gasteiger partial charge in [0, 0.05) is 30.8 Å². The van der Waals surface area contributed by atoms with E-state index in [2.05, 4.69) is 10.9 Å². The third-order valence-electron chi connectivity index (χ3n) is 9.50. The summed E-state index contributed by atoms with van der Waals surface area (Å²) in [5.41, 5.74) is 6.02. The third-order valence-corrected chi connectivity index (χ3v) is 9.50. The van der Waals surface area contributed by atoms with E-state index in [1.807, 2.05) is 45.2 Å². The Hall–Kier alpha value is -4.60. The molecule has 4 aromatic rings. The number of imide groups is 1. The fraction of sp³-hybridized carbons (Fsp3) is 0.429. The van der Waals surface area contributed by atoms with Crippen LogP contribution < -0.4 is 0 Å². The Morgan fingerprint density at radius 3 is 2.33 bits per heavy atom. The first-order valence-corrected chi connectivity index (χ1v) is 15.9. The van der Waals surface area contributed by atoms with Crippen LogP contribution in [0.5, 0.6) is 0 Å². The highest BCUT2D eigenvalue weighted by Gasteiger charge is 2.41. The van der Waals surface area contributed by atoms with Gasteiger partial charge >= 0.3 is 6.09 Å². The quantitative estimate of drug-likeness (QED) is 0.238. The zero-order valence-corrected chi connectivity index (χ0v) is 25.8. The highest BCUT2D eigenvalue weighted by Crippen LogP contribution is 2.46. The van der Waals surface area contributed by atoms with Crippen molar-refractivity contribution in [1.82, 2.24) is 29.5 Å². The molecule has 0 bridgehead atoms. The molecule has 1 atom stereocenters. The second kappa shape index (κ2) is 10.2. The van der Waals surface area contributed by atoms with Gasteiger partial charge in [0.1, 0.15) is 5.60 Å². The summed E-state index contributed by atoms with van der Waals surface area (Å²) in [4.78, 5) is 51.3. The Morgan fingerprint density at radius 1 is 0.956 bits per heavy atom. The molecule has 10 nitrogen and oxygen atoms in total. The maximum atomic E-state index is 12.8. The maximum Gasteiger partial charge on any atom is 0.410 e. The normalized spacial score (nSPS) is 22.8. The highest BCUT2D eigenvalue weighted by molar-refractivity contribution is 6.21. The lowest BCUT2D eigenvalue weighted by molar-refractivity contribution is -0.00574. The monoisotopic (exact) mass is 604 g/mol. The van der Waals surface area contributed by atoms with E-state index >= 15 is 0 Å². The molecule has 3 fully saturated rings. The van der Waals surface area contributed by atoms with Crippen LogP contribution >= 0.6 is 0 Å². The van der Waals surface area contributed by atoms with Gasteiger partial charge in [-0.25, -0.2) is 9.78 Å². The van der Waals surface area contributed by atoms with Crippen molar-refractivity contribution in [2.75, 3.05) is 13.1 Å². The van der Waals surface area contributed by atoms with Crippen molar-refractivity contribution in [3.63, 3.8) is 0 Å². The van der Waals surface area contributed by atoms with Crippen LogP contribution in [-0.2, 0) is 4.74 Å². The van der Waals surface area contributed by atoms with E-state index in [1.165, 1.54) is 4.90 Å². The van der Waals surface area contributed by atoms with E-state index in [0.29, 0.717) is 30.1 Å². The standard InChI is InChI=1S/C35H36N6O4/c1-35(2,3)45-34(44)39-13-12-30(39)22-10-11-27-28(16-22)36-17-29(37-27)26-19-41(38-31(26)21-8-9-21)23-14-20(15-23)18-40-32(42)24-6-4-5-7-25(24)33(40)43/h4-7,10-11,16-17,19-21,23,30H,8-9,12-15,18H2,1-3H3. The first kappa shape index (κ1) is 27.9. The van der Waals surface area contributed by atoms with Gasteiger partial charge in [-0.05, 0) is 88.6 Å². The van der Waals surface area contributed by atoms with Gasteiger partial charge in [0.05, 0.1) is 51.8 Å². The van der Waals surface area contributed by atoms with Crippen molar-refractivity contribution in [2.45, 2.75) is 76.5 Å². The Balaban J connectivity index is 0.973. The van der Waals surface area contributed by atoms with E-state index in [1.54, 1.807) is 29.2 Å². The number of hydrogen-bond donors (Lipinski definition) is 0. The van der Waals surface area contributed by atoms with Gasteiger partial charge in [0.15, 0.2) is 0 Å². The number of likely N-dealkylation sites (tertiary alicyclic amines) is 1. The van der Waals surface area contributed by atoms with E-state index in [0.717, 1.165) is 65.7 Å². The molecule has 4 aliphatic rings. The molecule has 1 saturated heterocycles. The molecule has 8 rings (SSSR count). The number of rotatable bonds is 6. The summed E-state index contributed by atoms with van der Waals surface area (Å²) >= 11 is 0. The van der Waals surface area contributed by atoms with Crippen molar-refractivity contribution in [3.05, 3.63) is 77.2 Å². The smallest absolute Gasteiger partial charge is 0.410 e. The highest BCUT2D eigenvalue weighted by atomic mass is 16.6. The Kier molecular flexibility index (Phi) is 6.34. The summed E-state index contributed by atoms with van der Waals surface area (Å²) in [6.07, 6.45) is 8.52. The molecule has 2 saturated carbocycles. The molecular formula is C35H36N6O4. The number of ether oxygens (including phenoxy) is 1. The number of hydrogen-bond acceptors (Lipinski definition) is 7. The van der Waals surface area contributed by atoms with Crippen molar-refractivity contribution in [1.29, 1.82) is 0 Å². The predicted octanol–water partition coefficient (Wildman–Crippen LogP) is 6.30. The molecule has 2 aromatic carbocycles. The van der Waals surface area contributed by atoms with Gasteiger partial charge in [0.25, 0.3) is 11.8 Å². The Bertz CT molecular complexity index is 1830. The maximum absolute atomic E-state index is 12.8. The summed E-state index contributed by atoms with van der Waals surface area (Å²) in [6, 6.07) is 13.3. The van der Waals surface area contributed by atoms with Crippen molar-refractivity contribution >= 4 is 28.9 Å². The average Bonchev–Trinajstić information content (AvgIpc) is 3.67. The van der Waals surface area contributed by atoms with Crippen LogP contribution in [0, 0.1) is 5.92 Å². The summed E-state index contributed by atoms with van der Waals surface area (Å²) in [5, 5.41) is 5.04. The summed E-state index contributed by atoms with van der Waals surface area (Å²) in [7, 11) is 0. The van der Waals surface area contributed by atoms with E-state index < -0.39 is 5.60 Å². The van der Waals surface area contributed by atoms with Crippen molar-refractivity contribution in [3.8, 4) is 11.3 Å². The fourth-order valence-corrected chi connectivity index (χ4v) is 6.81. The number of carbonyl (C=O) groups excluding carboxylic acids is 3. The van der Waals surface area contributed by atoms with E-state index in [-0.39, 0.29) is 35.9 Å². The average molecular weight is 605 g/mol. The minimum Gasteiger partial charge on any atom is -0.444 e. The summed E-state index contributed by atoms with van der Waals surface area (Å²) in [6.45, 7) is 6.77. The van der Waals surface area contributed by atoms with Gasteiger partial charge in [0.2, 0.25) is 0 Å². The zero-order valence-electron chi connectivity index (χ0n) is 25.8. The molecule has 2 aliphatic carbocycles. The van der Waals surface area contributed by atoms with Gasteiger partial charge in [-0.3, -0.25) is 24.2 Å². The van der Waals surface area contributed by atoms with E-state index in [9.17, 15) is 14.4 Å². The van der Waals surface area contributed by atoms with Crippen LogP contribution in [0.4, 0.5) is 4.79 Å². The zero-order chi connectivity index (χ0) is 31.0. The first-order valence-electron chi connectivity index (χ1n) is 15.9. The van der Waals surface area contributed by atoms with Crippen LogP contribution in [0.1, 0.15) is 103 Å². The molecule has 0 radical (unpaired) electrons. The van der Waals surface area contributed by atoms with Gasteiger partial charge in [-0.15, -0.1) is 0 Å². The second-order valence-electron chi connectivity index (χ2n) is 13.9. The summed E-state index contributed by atoms with van der Waals surface area (Å²) < 4.78 is 7.66. The number of fused-ring (bicyclic) bond motifs is 2. The van der Waals surface area contributed by atoms with Crippen molar-refractivity contribution in [2.24, 2.45) is 5.92 Å². The minimum atomic E-state index is -0.530. The molecule has 45 heavy (non-hydrogen) atoms. The van der Waals surface area contributed by atoms with Gasteiger partial charge < -0.3 is 9.64 Å². The number of carbonyl (C=O) groups is 3. The van der Waals surface area contributed by atoms with E-state index in [4.69, 9.17) is 19.8 Å². The fourth-order valence-electron chi connectivity index (χ4n) is 6.81. The number of benzene rings is 2. The topological polar surface area (TPSA) is 111 Å². The second-order valence-corrected chi connectivity index (χ2v) is 13.9. The Morgan fingerprint density at radius 2 is 1.69 bits per heavy atom. The molecule has 2 aromatic heterocycles. The SMILES string of the molecule is CC(C)(C)OC(=O)N1CCC1c1ccc2nc(-c3cn(C4CC(CN5C(=O)c6ccccc6C5=O)C4)nc3C3CC3)cnc2c1. The largest absolute Gasteiger partial charge is 0.444 e. The number of nitrogens with zero attached hydrogens (tertiary/aromatic N) is 6. The number of amides is 3. The van der Waals surface area contributed by atoms with Crippen LogP contribution in [0.2, 0.25) is 0 Å². The molecular weight excluding hydrogens is 568 g/mol. The first-order chi connectivity index (χ1) is 21.6. The molecule has 0 N–H and O–H groups in total. The molecule has 3 amide bonds. The van der Waals surface area contributed by atoms with Crippen LogP contribution in [0.25, 0.3) is 22.3 Å². The predicted molar refractivity (Wildman–Crippen MR) is 167 cm³/mol. The lowest BCUT2D eigenvalue weighted by Gasteiger charge is -2.41. The van der Waals surface area contributed by atoms with Crippen LogP contribution in [0.3, 0.4) is 0 Å². The van der Waals surface area contributed by atoms with Crippen molar-refractivity contribution < 1.29 is 19.1 Å². The Labute approximate surface area is 261 Å². The molecule has 0 spiro atoms. The lowest BCUT2D eigenvalue weighted by atomic mass is 9.80. The van der Waals surface area contributed by atoms with Gasteiger partial charge in [-0.2, -0.15) is 5.10 Å². The summed E-state index contributed by atoms with van der Waals surface area (Å²) in [5.74, 6) is 0.316. The molecule has 1 unspecified atom stereocenters. The molecule has 230 valence electrons. The lowest BCUT2D eigenvalue weighted by Crippen LogP contribution is -2.47. The molecule has 10 heteroatoms. The van der Waals surface area contributed by atoms with Gasteiger partial charge in [-0.1, -0.05) is 18.2 Å². The van der Waals surface area contributed by atoms with Crippen LogP contribution in [0.15, 0.2) is 54.9 Å². The minimum absolute atomic E-state index is 0.0197. The third kappa shape index (κ3) is 4.96.